The number of nitrogens with one attached hydrogen (secondary N) is 2. The van der Waals surface area contributed by atoms with Crippen molar-refractivity contribution in [2.24, 2.45) is 5.18 Å². The lowest BCUT2D eigenvalue weighted by molar-refractivity contribution is 0.662. The van der Waals surface area contributed by atoms with Gasteiger partial charge in [-0.25, -0.2) is 0 Å². The van der Waals surface area contributed by atoms with Gasteiger partial charge in [0.1, 0.15) is 5.69 Å². The molecule has 1 aromatic carbocycles. The Balaban J connectivity index is 2.30. The molecule has 2 aromatic rings. The van der Waals surface area contributed by atoms with E-state index in [2.05, 4.69) is 35.0 Å². The topological polar surface area (TPSA) is 57.2 Å². The number of likely N-dealkylation sites (N-methyl/N-ethyl adjacent to an activating group) is 1. The second kappa shape index (κ2) is 6.99. The third kappa shape index (κ3) is 3.47. The number of rotatable bonds is 7. The molecule has 1 unspecified atom stereocenters. The van der Waals surface area contributed by atoms with Crippen LogP contribution in [0.2, 0.25) is 0 Å². The van der Waals surface area contributed by atoms with E-state index in [9.17, 15) is 4.91 Å². The largest absolute Gasteiger partial charge is 0.358 e. The van der Waals surface area contributed by atoms with E-state index in [-0.39, 0.29) is 6.04 Å². The Bertz CT molecular complexity index is 613. The zero-order chi connectivity index (χ0) is 15.2. The Hall–Kier alpha value is -2.20. The maximum atomic E-state index is 10.5. The van der Waals surface area contributed by atoms with Crippen LogP contribution in [-0.2, 0) is 12.8 Å². The van der Waals surface area contributed by atoms with Crippen LogP contribution in [0.4, 0.5) is 5.69 Å². The first-order valence-corrected chi connectivity index (χ1v) is 7.16. The highest BCUT2D eigenvalue weighted by molar-refractivity contribution is 5.63. The lowest BCUT2D eigenvalue weighted by Crippen LogP contribution is -2.25. The van der Waals surface area contributed by atoms with E-state index in [4.69, 9.17) is 0 Å². The van der Waals surface area contributed by atoms with Gasteiger partial charge in [0.25, 0.3) is 0 Å². The minimum atomic E-state index is 0.264. The average molecular weight is 283 g/mol. The van der Waals surface area contributed by atoms with Crippen LogP contribution in [0.3, 0.4) is 0 Å². The lowest BCUT2D eigenvalue weighted by Gasteiger charge is -2.10. The predicted octanol–water partition coefficient (Wildman–Crippen LogP) is 3.96. The molecule has 2 N–H and O–H groups in total. The first-order valence-electron chi connectivity index (χ1n) is 7.16. The summed E-state index contributed by atoms with van der Waals surface area (Å²) in [5.74, 6) is 0. The van der Waals surface area contributed by atoms with Crippen molar-refractivity contribution in [2.75, 3.05) is 7.05 Å². The van der Waals surface area contributed by atoms with Crippen molar-refractivity contribution in [1.29, 1.82) is 0 Å². The van der Waals surface area contributed by atoms with Crippen molar-refractivity contribution >= 4 is 5.69 Å². The van der Waals surface area contributed by atoms with Crippen molar-refractivity contribution < 1.29 is 0 Å². The molecule has 0 aliphatic heterocycles. The van der Waals surface area contributed by atoms with E-state index in [0.29, 0.717) is 5.69 Å². The SMILES string of the molecule is C=CC(Cc1cc(-c2ccc(N=O)cc2)[nH]c1CC)NC. The van der Waals surface area contributed by atoms with Gasteiger partial charge < -0.3 is 10.3 Å². The Morgan fingerprint density at radius 3 is 2.62 bits per heavy atom. The summed E-state index contributed by atoms with van der Waals surface area (Å²) < 4.78 is 0. The van der Waals surface area contributed by atoms with Crippen LogP contribution in [0.15, 0.2) is 48.2 Å². The lowest BCUT2D eigenvalue weighted by atomic mass is 10.0. The van der Waals surface area contributed by atoms with Gasteiger partial charge >= 0.3 is 0 Å². The smallest absolute Gasteiger partial charge is 0.108 e. The molecule has 0 saturated heterocycles. The number of aromatic amines is 1. The number of nitrogens with zero attached hydrogens (tertiary/aromatic N) is 1. The maximum Gasteiger partial charge on any atom is 0.108 e. The maximum absolute atomic E-state index is 10.5. The van der Waals surface area contributed by atoms with E-state index in [1.165, 1.54) is 11.3 Å². The van der Waals surface area contributed by atoms with Crippen LogP contribution in [0.1, 0.15) is 18.2 Å². The van der Waals surface area contributed by atoms with Crippen LogP contribution in [-0.4, -0.2) is 18.1 Å². The number of nitroso groups, excluding NO2 is 1. The Labute approximate surface area is 125 Å². The van der Waals surface area contributed by atoms with Crippen molar-refractivity contribution in [3.05, 3.63) is 59.2 Å². The molecule has 0 aliphatic carbocycles. The van der Waals surface area contributed by atoms with E-state index >= 15 is 0 Å². The van der Waals surface area contributed by atoms with Crippen LogP contribution >= 0.6 is 0 Å². The predicted molar refractivity (Wildman–Crippen MR) is 87.8 cm³/mol. The number of H-pyrrole nitrogens is 1. The van der Waals surface area contributed by atoms with Crippen molar-refractivity contribution in [3.63, 3.8) is 0 Å². The van der Waals surface area contributed by atoms with Crippen LogP contribution in [0.5, 0.6) is 0 Å². The number of aryl methyl sites for hydroxylation is 1. The van der Waals surface area contributed by atoms with Gasteiger partial charge in [0.15, 0.2) is 0 Å². The van der Waals surface area contributed by atoms with Crippen LogP contribution in [0.25, 0.3) is 11.3 Å². The van der Waals surface area contributed by atoms with E-state index < -0.39 is 0 Å². The highest BCUT2D eigenvalue weighted by Gasteiger charge is 2.11. The van der Waals surface area contributed by atoms with Crippen molar-refractivity contribution in [1.82, 2.24) is 10.3 Å². The summed E-state index contributed by atoms with van der Waals surface area (Å²) in [4.78, 5) is 13.9. The summed E-state index contributed by atoms with van der Waals surface area (Å²) in [5.41, 5.74) is 5.11. The highest BCUT2D eigenvalue weighted by Crippen LogP contribution is 2.25. The van der Waals surface area contributed by atoms with Gasteiger partial charge in [-0.3, -0.25) is 0 Å². The minimum absolute atomic E-state index is 0.264. The van der Waals surface area contributed by atoms with Gasteiger partial charge in [-0.1, -0.05) is 25.1 Å². The summed E-state index contributed by atoms with van der Waals surface area (Å²) in [6.07, 6.45) is 3.79. The monoisotopic (exact) mass is 283 g/mol. The molecule has 0 fully saturated rings. The normalized spacial score (nSPS) is 12.1. The van der Waals surface area contributed by atoms with E-state index in [1.807, 2.05) is 25.3 Å². The Kier molecular flexibility index (Phi) is 5.06. The molecule has 1 atom stereocenters. The number of hydrogen-bond acceptors (Lipinski definition) is 3. The molecule has 0 aliphatic rings. The average Bonchev–Trinajstić information content (AvgIpc) is 2.95. The second-order valence-electron chi connectivity index (χ2n) is 5.01. The summed E-state index contributed by atoms with van der Waals surface area (Å²) in [7, 11) is 1.94. The molecule has 110 valence electrons. The molecular formula is C17H21N3O. The fraction of sp³-hybridized carbons (Fsp3) is 0.294. The fourth-order valence-corrected chi connectivity index (χ4v) is 2.44. The quantitative estimate of drug-likeness (QED) is 0.597. The Morgan fingerprint density at radius 1 is 1.38 bits per heavy atom. The van der Waals surface area contributed by atoms with Crippen molar-refractivity contribution in [3.8, 4) is 11.3 Å². The minimum Gasteiger partial charge on any atom is -0.358 e. The van der Waals surface area contributed by atoms with Gasteiger partial charge in [0.05, 0.1) is 0 Å². The van der Waals surface area contributed by atoms with Gasteiger partial charge in [-0.15, -0.1) is 11.5 Å². The number of aromatic nitrogens is 1. The molecule has 1 aromatic heterocycles. The zero-order valence-electron chi connectivity index (χ0n) is 12.5. The molecule has 21 heavy (non-hydrogen) atoms. The molecular weight excluding hydrogens is 262 g/mol. The Morgan fingerprint density at radius 2 is 2.10 bits per heavy atom. The summed E-state index contributed by atoms with van der Waals surface area (Å²) in [5, 5.41) is 6.16. The highest BCUT2D eigenvalue weighted by atomic mass is 16.3. The van der Waals surface area contributed by atoms with E-state index in [0.717, 1.165) is 24.1 Å². The molecule has 0 saturated carbocycles. The molecule has 4 nitrogen and oxygen atoms in total. The molecule has 0 bridgehead atoms. The third-order valence-electron chi connectivity index (χ3n) is 3.72. The zero-order valence-corrected chi connectivity index (χ0v) is 12.5. The van der Waals surface area contributed by atoms with E-state index in [1.54, 1.807) is 12.1 Å². The molecule has 0 amide bonds. The summed E-state index contributed by atoms with van der Waals surface area (Å²) in [6.45, 7) is 5.99. The molecule has 4 heteroatoms. The molecule has 0 radical (unpaired) electrons. The number of benzene rings is 1. The second-order valence-corrected chi connectivity index (χ2v) is 5.01. The van der Waals surface area contributed by atoms with Crippen LogP contribution < -0.4 is 5.32 Å². The first-order chi connectivity index (χ1) is 10.2. The first kappa shape index (κ1) is 15.2. The molecule has 0 spiro atoms. The van der Waals surface area contributed by atoms with Gasteiger partial charge in [-0.05, 0) is 54.4 Å². The molecule has 1 heterocycles. The molecule has 2 rings (SSSR count). The van der Waals surface area contributed by atoms with Gasteiger partial charge in [0.2, 0.25) is 0 Å². The summed E-state index contributed by atoms with van der Waals surface area (Å²) >= 11 is 0. The van der Waals surface area contributed by atoms with Gasteiger partial charge in [0, 0.05) is 17.4 Å². The standard InChI is InChI=1S/C17H21N3O/c1-4-14(18-3)10-13-11-17(19-16(13)5-2)12-6-8-15(20-21)9-7-12/h4,6-9,11,14,18-19H,1,5,10H2,2-3H3. The number of hydrogen-bond donors (Lipinski definition) is 2. The van der Waals surface area contributed by atoms with Gasteiger partial charge in [-0.2, -0.15) is 0 Å². The summed E-state index contributed by atoms with van der Waals surface area (Å²) in [6, 6.07) is 9.73. The van der Waals surface area contributed by atoms with Crippen LogP contribution in [0, 0.1) is 4.91 Å². The fourth-order valence-electron chi connectivity index (χ4n) is 2.44. The third-order valence-corrected chi connectivity index (χ3v) is 3.72. The van der Waals surface area contributed by atoms with Crippen molar-refractivity contribution in [2.45, 2.75) is 25.8 Å².